The number of fused-ring (bicyclic) bond motifs is 1. The molecule has 92 valence electrons. The molecule has 0 aliphatic carbocycles. The van der Waals surface area contributed by atoms with Crippen molar-refractivity contribution in [1.29, 1.82) is 0 Å². The molecule has 5 heteroatoms. The van der Waals surface area contributed by atoms with Crippen LogP contribution in [-0.4, -0.2) is 22.5 Å². The number of hydrogen-bond acceptors (Lipinski definition) is 4. The van der Waals surface area contributed by atoms with E-state index < -0.39 is 0 Å². The summed E-state index contributed by atoms with van der Waals surface area (Å²) in [6, 6.07) is 5.59. The Morgan fingerprint density at radius 2 is 2.39 bits per heavy atom. The van der Waals surface area contributed by atoms with E-state index in [9.17, 15) is 4.79 Å². The van der Waals surface area contributed by atoms with Gasteiger partial charge in [-0.25, -0.2) is 9.48 Å². The van der Waals surface area contributed by atoms with Gasteiger partial charge >= 0.3 is 0 Å². The highest BCUT2D eigenvalue weighted by Gasteiger charge is 2.19. The van der Waals surface area contributed by atoms with E-state index in [-0.39, 0.29) is 6.23 Å². The molecule has 1 aromatic carbocycles. The molecular formula is C13H13N3O2. The van der Waals surface area contributed by atoms with Crippen molar-refractivity contribution >= 4 is 22.7 Å². The van der Waals surface area contributed by atoms with Gasteiger partial charge in [-0.1, -0.05) is 12.1 Å². The first-order valence-corrected chi connectivity index (χ1v) is 6.06. The molecule has 0 N–H and O–H groups in total. The molecule has 2 heterocycles. The topological polar surface area (TPSA) is 56.5 Å². The third-order valence-corrected chi connectivity index (χ3v) is 3.19. The Morgan fingerprint density at radius 1 is 1.44 bits per heavy atom. The number of hydrogen-bond donors (Lipinski definition) is 0. The molecule has 0 saturated carbocycles. The fraction of sp³-hybridized carbons (Fsp3) is 0.385. The van der Waals surface area contributed by atoms with Crippen molar-refractivity contribution in [3.05, 3.63) is 24.4 Å². The van der Waals surface area contributed by atoms with E-state index >= 15 is 0 Å². The van der Waals surface area contributed by atoms with Gasteiger partial charge in [0, 0.05) is 12.0 Å². The van der Waals surface area contributed by atoms with Gasteiger partial charge in [-0.05, 0) is 25.3 Å². The zero-order chi connectivity index (χ0) is 12.4. The lowest BCUT2D eigenvalue weighted by atomic mass is 10.2. The summed E-state index contributed by atoms with van der Waals surface area (Å²) in [6.45, 7) is 0.755. The molecule has 1 fully saturated rings. The van der Waals surface area contributed by atoms with Gasteiger partial charge in [0.25, 0.3) is 0 Å². The predicted octanol–water partition coefficient (Wildman–Crippen LogP) is 2.70. The molecule has 1 unspecified atom stereocenters. The smallest absolute Gasteiger partial charge is 0.240 e. The van der Waals surface area contributed by atoms with E-state index in [1.54, 1.807) is 18.3 Å². The number of benzene rings is 1. The molecule has 1 aromatic heterocycles. The molecule has 2 aromatic rings. The van der Waals surface area contributed by atoms with Crippen LogP contribution < -0.4 is 0 Å². The van der Waals surface area contributed by atoms with Crippen molar-refractivity contribution in [2.45, 2.75) is 25.5 Å². The van der Waals surface area contributed by atoms with Crippen molar-refractivity contribution in [1.82, 2.24) is 9.78 Å². The quantitative estimate of drug-likeness (QED) is 0.602. The van der Waals surface area contributed by atoms with Crippen LogP contribution in [-0.2, 0) is 9.53 Å². The number of ether oxygens (including phenoxy) is 1. The van der Waals surface area contributed by atoms with Crippen LogP contribution in [0.15, 0.2) is 29.4 Å². The molecule has 0 bridgehead atoms. The Morgan fingerprint density at radius 3 is 3.17 bits per heavy atom. The van der Waals surface area contributed by atoms with E-state index in [0.717, 1.165) is 36.8 Å². The summed E-state index contributed by atoms with van der Waals surface area (Å²) in [5.74, 6) is 0. The summed E-state index contributed by atoms with van der Waals surface area (Å²) < 4.78 is 7.55. The summed E-state index contributed by atoms with van der Waals surface area (Å²) >= 11 is 0. The Balaban J connectivity index is 2.13. The van der Waals surface area contributed by atoms with Crippen LogP contribution in [0.1, 0.15) is 25.5 Å². The number of rotatable bonds is 2. The SMILES string of the molecule is O=C=Nc1cccc2cnn(C3CCCCO3)c12. The van der Waals surface area contributed by atoms with Gasteiger partial charge in [0.1, 0.15) is 5.69 Å². The van der Waals surface area contributed by atoms with Gasteiger partial charge in [0.15, 0.2) is 6.23 Å². The monoisotopic (exact) mass is 243 g/mol. The number of nitrogens with zero attached hydrogens (tertiary/aromatic N) is 3. The van der Waals surface area contributed by atoms with Crippen LogP contribution in [0.2, 0.25) is 0 Å². The van der Waals surface area contributed by atoms with Crippen LogP contribution in [0.25, 0.3) is 10.9 Å². The summed E-state index contributed by atoms with van der Waals surface area (Å²) in [6.07, 6.45) is 6.47. The minimum Gasteiger partial charge on any atom is -0.356 e. The standard InChI is InChI=1S/C13H13N3O2/c17-9-14-11-5-3-4-10-8-15-16(13(10)11)12-6-1-2-7-18-12/h3-5,8,12H,1-2,6-7H2. The first-order chi connectivity index (χ1) is 8.90. The first kappa shape index (κ1) is 11.1. The Kier molecular flexibility index (Phi) is 2.92. The molecule has 5 nitrogen and oxygen atoms in total. The van der Waals surface area contributed by atoms with Gasteiger partial charge < -0.3 is 4.74 Å². The number of isocyanates is 1. The third kappa shape index (κ3) is 1.83. The lowest BCUT2D eigenvalue weighted by molar-refractivity contribution is -0.0366. The summed E-state index contributed by atoms with van der Waals surface area (Å²) in [5, 5.41) is 5.32. The predicted molar refractivity (Wildman–Crippen MR) is 66.4 cm³/mol. The minimum absolute atomic E-state index is 0.0562. The van der Waals surface area contributed by atoms with Crippen molar-refractivity contribution in [3.8, 4) is 0 Å². The third-order valence-electron chi connectivity index (χ3n) is 3.19. The highest BCUT2D eigenvalue weighted by Crippen LogP contribution is 2.31. The van der Waals surface area contributed by atoms with Gasteiger partial charge in [-0.3, -0.25) is 0 Å². The summed E-state index contributed by atoms with van der Waals surface area (Å²) in [4.78, 5) is 14.2. The second kappa shape index (κ2) is 4.72. The van der Waals surface area contributed by atoms with Crippen LogP contribution in [0.5, 0.6) is 0 Å². The molecule has 0 amide bonds. The van der Waals surface area contributed by atoms with Gasteiger partial charge in [0.2, 0.25) is 6.08 Å². The average Bonchev–Trinajstić information content (AvgIpc) is 2.85. The second-order valence-electron chi connectivity index (χ2n) is 4.33. The van der Waals surface area contributed by atoms with E-state index in [1.807, 2.05) is 16.8 Å². The van der Waals surface area contributed by atoms with Crippen LogP contribution >= 0.6 is 0 Å². The van der Waals surface area contributed by atoms with Crippen molar-refractivity contribution in [2.24, 2.45) is 4.99 Å². The van der Waals surface area contributed by atoms with Crippen molar-refractivity contribution in [3.63, 3.8) is 0 Å². The van der Waals surface area contributed by atoms with Crippen LogP contribution in [0.3, 0.4) is 0 Å². The first-order valence-electron chi connectivity index (χ1n) is 6.06. The lowest BCUT2D eigenvalue weighted by Crippen LogP contribution is -2.18. The zero-order valence-electron chi connectivity index (χ0n) is 9.87. The van der Waals surface area contributed by atoms with E-state index in [2.05, 4.69) is 10.1 Å². The number of carbonyl (C=O) groups excluding carboxylic acids is 1. The molecule has 0 radical (unpaired) electrons. The average molecular weight is 243 g/mol. The Hall–Kier alpha value is -1.97. The Labute approximate surface area is 104 Å². The second-order valence-corrected chi connectivity index (χ2v) is 4.33. The molecule has 1 saturated heterocycles. The highest BCUT2D eigenvalue weighted by molar-refractivity contribution is 5.90. The molecule has 18 heavy (non-hydrogen) atoms. The maximum absolute atomic E-state index is 10.5. The largest absolute Gasteiger partial charge is 0.356 e. The van der Waals surface area contributed by atoms with Crippen molar-refractivity contribution < 1.29 is 9.53 Å². The van der Waals surface area contributed by atoms with Crippen LogP contribution in [0, 0.1) is 0 Å². The van der Waals surface area contributed by atoms with Gasteiger partial charge in [-0.2, -0.15) is 10.1 Å². The molecule has 3 rings (SSSR count). The highest BCUT2D eigenvalue weighted by atomic mass is 16.5. The number of para-hydroxylation sites is 1. The normalized spacial score (nSPS) is 19.7. The molecule has 1 aliphatic rings. The summed E-state index contributed by atoms with van der Waals surface area (Å²) in [5.41, 5.74) is 1.43. The van der Waals surface area contributed by atoms with Gasteiger partial charge in [-0.15, -0.1) is 0 Å². The van der Waals surface area contributed by atoms with Crippen molar-refractivity contribution in [2.75, 3.05) is 6.61 Å². The molecular weight excluding hydrogens is 230 g/mol. The van der Waals surface area contributed by atoms with E-state index in [4.69, 9.17) is 4.74 Å². The molecule has 1 atom stereocenters. The van der Waals surface area contributed by atoms with E-state index in [0.29, 0.717) is 5.69 Å². The number of aromatic nitrogens is 2. The van der Waals surface area contributed by atoms with E-state index in [1.165, 1.54) is 0 Å². The lowest BCUT2D eigenvalue weighted by Gasteiger charge is -2.23. The minimum atomic E-state index is -0.0562. The van der Waals surface area contributed by atoms with Crippen LogP contribution in [0.4, 0.5) is 5.69 Å². The maximum Gasteiger partial charge on any atom is 0.240 e. The zero-order valence-corrected chi connectivity index (χ0v) is 9.87. The Bertz CT molecular complexity index is 608. The molecule has 1 aliphatic heterocycles. The fourth-order valence-electron chi connectivity index (χ4n) is 2.36. The molecule has 0 spiro atoms. The fourth-order valence-corrected chi connectivity index (χ4v) is 2.36. The van der Waals surface area contributed by atoms with Gasteiger partial charge in [0.05, 0.1) is 11.7 Å². The number of aliphatic imine (C=N–C) groups is 1. The summed E-state index contributed by atoms with van der Waals surface area (Å²) in [7, 11) is 0. The maximum atomic E-state index is 10.5.